The second-order valence-electron chi connectivity index (χ2n) is 21.1. The minimum absolute atomic E-state index is 0.289. The van der Waals surface area contributed by atoms with Crippen molar-refractivity contribution >= 4 is 39.5 Å². The summed E-state index contributed by atoms with van der Waals surface area (Å²) in [4.78, 5) is 0. The van der Waals surface area contributed by atoms with E-state index in [1.807, 2.05) is 18.2 Å². The molecule has 0 aliphatic carbocycles. The lowest BCUT2D eigenvalue weighted by molar-refractivity contribution is -0.667. The number of aromatic nitrogens is 2. The lowest BCUT2D eigenvalue weighted by atomic mass is 9.98. The van der Waals surface area contributed by atoms with Crippen molar-refractivity contribution in [3.63, 3.8) is 0 Å². The van der Waals surface area contributed by atoms with Gasteiger partial charge in [-0.25, -0.2) is 0 Å². The van der Waals surface area contributed by atoms with Gasteiger partial charge in [-0.1, -0.05) is 97.1 Å². The zero-order chi connectivity index (χ0) is 62.0. The second kappa shape index (κ2) is 38.8. The molecule has 1 aromatic heterocycles. The Morgan fingerprint density at radius 2 is 0.820 bits per heavy atom. The minimum Gasteiger partial charge on any atom is -0.489 e. The lowest BCUT2D eigenvalue weighted by Crippen LogP contribution is -2.41. The minimum atomic E-state index is 0.289. The maximum Gasteiger partial charge on any atom is 0.280 e. The van der Waals surface area contributed by atoms with Gasteiger partial charge in [0.15, 0.2) is 17.2 Å². The summed E-state index contributed by atoms with van der Waals surface area (Å²) < 4.78 is 99.6. The summed E-state index contributed by atoms with van der Waals surface area (Å²) in [5, 5.41) is 2.25. The molecule has 7 aromatic rings. The van der Waals surface area contributed by atoms with E-state index in [0.717, 1.165) is 49.9 Å². The zero-order valence-electron chi connectivity index (χ0n) is 52.7. The fraction of sp³-hybridized carbons (Fsp3) is 0.478. The maximum atomic E-state index is 6.57. The third kappa shape index (κ3) is 21.8. The van der Waals surface area contributed by atoms with Crippen molar-refractivity contribution in [3.8, 4) is 23.0 Å². The highest BCUT2D eigenvalue weighted by molar-refractivity contribution is 5.90. The van der Waals surface area contributed by atoms with Crippen LogP contribution in [0.3, 0.4) is 0 Å². The molecule has 482 valence electrons. The number of ether oxygens (including phenoxy) is 16. The number of imidazole rings is 1. The number of nitrogens with zero attached hydrogens (tertiary/aromatic N) is 4. The molecule has 0 N–H and O–H groups in total. The first-order chi connectivity index (χ1) is 43.9. The first-order valence-corrected chi connectivity index (χ1v) is 30.7. The molecular formula is C69H91N4O16+. The zero-order valence-corrected chi connectivity index (χ0v) is 52.7. The van der Waals surface area contributed by atoms with Gasteiger partial charge in [-0.05, 0) is 40.1 Å². The summed E-state index contributed by atoms with van der Waals surface area (Å²) in [5.74, 6) is 2.35. The van der Waals surface area contributed by atoms with Gasteiger partial charge >= 0.3 is 0 Å². The third-order valence-corrected chi connectivity index (χ3v) is 14.5. The van der Waals surface area contributed by atoms with Gasteiger partial charge in [-0.15, -0.1) is 0 Å². The van der Waals surface area contributed by atoms with E-state index in [-0.39, 0.29) is 6.61 Å². The fourth-order valence-electron chi connectivity index (χ4n) is 10.2. The molecule has 0 saturated carbocycles. The molecule has 0 bridgehead atoms. The van der Waals surface area contributed by atoms with Crippen molar-refractivity contribution in [3.05, 3.63) is 150 Å². The summed E-state index contributed by atoms with van der Waals surface area (Å²) in [7, 11) is 8.81. The van der Waals surface area contributed by atoms with Gasteiger partial charge in [0.25, 0.3) is 6.34 Å². The lowest BCUT2D eigenvalue weighted by Gasteiger charge is -2.29. The van der Waals surface area contributed by atoms with Crippen molar-refractivity contribution in [2.45, 2.75) is 26.2 Å². The monoisotopic (exact) mass is 1230 g/mol. The second-order valence-corrected chi connectivity index (χ2v) is 21.1. The molecule has 1 atom stereocenters. The topological polar surface area (TPSA) is 160 Å². The Labute approximate surface area is 524 Å². The van der Waals surface area contributed by atoms with Gasteiger partial charge in [-0.2, -0.15) is 0 Å². The summed E-state index contributed by atoms with van der Waals surface area (Å²) in [6.45, 7) is 12.5. The van der Waals surface area contributed by atoms with Crippen LogP contribution in [0, 0.1) is 6.33 Å². The number of hydrogen-bond donors (Lipinski definition) is 0. The van der Waals surface area contributed by atoms with Crippen molar-refractivity contribution in [2.75, 3.05) is 194 Å². The van der Waals surface area contributed by atoms with Gasteiger partial charge in [0.1, 0.15) is 56.6 Å². The van der Waals surface area contributed by atoms with E-state index in [9.17, 15) is 0 Å². The Morgan fingerprint density at radius 3 is 1.30 bits per heavy atom. The summed E-state index contributed by atoms with van der Waals surface area (Å²) >= 11 is 0. The van der Waals surface area contributed by atoms with Gasteiger partial charge in [0, 0.05) is 56.7 Å². The molecule has 0 amide bonds. The highest BCUT2D eigenvalue weighted by atomic mass is 16.6. The van der Waals surface area contributed by atoms with E-state index < -0.39 is 0 Å². The maximum absolute atomic E-state index is 6.57. The van der Waals surface area contributed by atoms with E-state index >= 15 is 0 Å². The highest BCUT2D eigenvalue weighted by Crippen LogP contribution is 2.46. The standard InChI is InChI=1S/C69H91N4O16/c1-73(53-57-16-10-7-11-17-57)55-72(63-48-67(88-44-40-84-36-32-80-28-24-76-4)68(49-64(63)73)89-45-41-85-37-33-81-29-25-77-5)52-60-21-13-19-58-18-12-20-59(69(58)60)51-71-54-70(50-56-14-8-6-9-15-56)61-46-65(86-42-38-82-34-30-78-26-22-74-2)66(47-62(61)71)87-43-39-83-35-31-79-27-23-75-3/h6-21,46-49H,22-45,50-53H2,1-5H3/q+1. The molecule has 20 nitrogen and oxygen atoms in total. The molecule has 89 heavy (non-hydrogen) atoms. The van der Waals surface area contributed by atoms with Crippen LogP contribution in [0.25, 0.3) is 21.8 Å². The van der Waals surface area contributed by atoms with Crippen LogP contribution in [0.2, 0.25) is 0 Å². The quantitative estimate of drug-likeness (QED) is 0.0156. The average molecular weight is 1230 g/mol. The molecule has 0 radical (unpaired) electrons. The van der Waals surface area contributed by atoms with Crippen molar-refractivity contribution < 1.29 is 84.9 Å². The van der Waals surface area contributed by atoms with Crippen LogP contribution < -0.4 is 28.0 Å². The number of quaternary nitrogens is 1. The Morgan fingerprint density at radius 1 is 0.404 bits per heavy atom. The molecule has 2 heterocycles. The van der Waals surface area contributed by atoms with Gasteiger partial charge < -0.3 is 89.5 Å². The Balaban J connectivity index is 1.11. The van der Waals surface area contributed by atoms with E-state index in [0.29, 0.717) is 206 Å². The Bertz CT molecular complexity index is 3160. The fourth-order valence-corrected chi connectivity index (χ4v) is 10.2. The molecule has 8 rings (SSSR count). The van der Waals surface area contributed by atoms with Crippen molar-refractivity contribution in [1.82, 2.24) is 9.05 Å². The summed E-state index contributed by atoms with van der Waals surface area (Å²) in [5.41, 5.74) is 8.36. The summed E-state index contributed by atoms with van der Waals surface area (Å²) in [6, 6.07) is 42.3. The molecule has 1 aliphatic rings. The van der Waals surface area contributed by atoms with E-state index in [1.54, 1.807) is 28.4 Å². The van der Waals surface area contributed by atoms with Crippen LogP contribution in [0.15, 0.2) is 121 Å². The van der Waals surface area contributed by atoms with Gasteiger partial charge in [0.05, 0.1) is 152 Å². The predicted octanol–water partition coefficient (Wildman–Crippen LogP) is 8.11. The van der Waals surface area contributed by atoms with Crippen LogP contribution in [0.5, 0.6) is 23.0 Å². The SMILES string of the molecule is COCCOCCOCCOc1cc2c(cc1OCCOCCOCCOC)[N+](C)(Cc1ccccc1)[C-]=[N+]2Cc1cccc2cccc(Cn3[c-][n+](Cc4ccccc4)c4cc(OCCOCCOCCOC)c(OCCOCCOCCOC)cc43)c12. The Hall–Kier alpha value is -6.60. The first kappa shape index (κ1) is 68.3. The molecule has 6 aromatic carbocycles. The van der Waals surface area contributed by atoms with Gasteiger partial charge in [-0.3, -0.25) is 4.48 Å². The van der Waals surface area contributed by atoms with E-state index in [4.69, 9.17) is 75.8 Å². The molecule has 0 saturated heterocycles. The van der Waals surface area contributed by atoms with Crippen LogP contribution >= 0.6 is 0 Å². The van der Waals surface area contributed by atoms with Crippen LogP contribution in [-0.2, 0) is 83.0 Å². The number of fused-ring (bicyclic) bond motifs is 3. The predicted molar refractivity (Wildman–Crippen MR) is 339 cm³/mol. The van der Waals surface area contributed by atoms with Crippen LogP contribution in [0.1, 0.15) is 22.3 Å². The number of hydrogen-bond acceptors (Lipinski definition) is 16. The van der Waals surface area contributed by atoms with E-state index in [1.165, 1.54) is 5.56 Å². The van der Waals surface area contributed by atoms with Crippen LogP contribution in [-0.4, -0.2) is 210 Å². The average Bonchev–Trinajstić information content (AvgIpc) is 1.73. The highest BCUT2D eigenvalue weighted by Gasteiger charge is 2.36. The first-order valence-electron chi connectivity index (χ1n) is 30.7. The van der Waals surface area contributed by atoms with Gasteiger partial charge in [0.2, 0.25) is 6.33 Å². The Kier molecular flexibility index (Phi) is 29.8. The summed E-state index contributed by atoms with van der Waals surface area (Å²) in [6.07, 6.45) is 7.73. The number of rotatable bonds is 48. The van der Waals surface area contributed by atoms with E-state index in [2.05, 4.69) is 137 Å². The third-order valence-electron chi connectivity index (χ3n) is 14.5. The van der Waals surface area contributed by atoms with Crippen molar-refractivity contribution in [1.29, 1.82) is 0 Å². The molecule has 1 aliphatic heterocycles. The molecular weight excluding hydrogens is 1140 g/mol. The van der Waals surface area contributed by atoms with Crippen molar-refractivity contribution in [2.24, 2.45) is 0 Å². The molecule has 1 unspecified atom stereocenters. The molecule has 0 fully saturated rings. The number of benzene rings is 6. The normalized spacial score (nSPS) is 13.8. The smallest absolute Gasteiger partial charge is 0.280 e. The largest absolute Gasteiger partial charge is 0.489 e. The molecule has 20 heteroatoms. The number of methoxy groups -OCH3 is 4. The van der Waals surface area contributed by atoms with Crippen LogP contribution in [0.4, 0.5) is 11.4 Å². The molecule has 0 spiro atoms.